The van der Waals surface area contributed by atoms with Crippen molar-refractivity contribution in [2.45, 2.75) is 13.0 Å². The molecule has 5 rings (SSSR count). The SMILES string of the molecule is O=C(OCc1cccc(OC(F)(F)F)c1)N1CC2CN(C(=O)c3ccc4[nH]nnc4c3)CC2C1. The fraction of sp³-hybridized carbons (Fsp3) is 0.364. The van der Waals surface area contributed by atoms with Gasteiger partial charge in [-0.15, -0.1) is 18.3 Å². The summed E-state index contributed by atoms with van der Waals surface area (Å²) in [6.07, 6.45) is -5.33. The van der Waals surface area contributed by atoms with E-state index in [1.165, 1.54) is 18.2 Å². The number of nitrogens with one attached hydrogen (secondary N) is 1. The molecule has 2 fully saturated rings. The van der Waals surface area contributed by atoms with Crippen molar-refractivity contribution < 1.29 is 32.2 Å². The molecule has 0 bridgehead atoms. The van der Waals surface area contributed by atoms with Gasteiger partial charge in [0.25, 0.3) is 5.91 Å². The second kappa shape index (κ2) is 8.50. The summed E-state index contributed by atoms with van der Waals surface area (Å²) in [6.45, 7) is 1.79. The van der Waals surface area contributed by atoms with E-state index in [0.29, 0.717) is 42.8 Å². The third-order valence-corrected chi connectivity index (χ3v) is 6.10. The van der Waals surface area contributed by atoms with Crippen LogP contribution in [0.5, 0.6) is 5.75 Å². The number of alkyl halides is 3. The molecular formula is C22H20F3N5O4. The average molecular weight is 475 g/mol. The van der Waals surface area contributed by atoms with E-state index in [9.17, 15) is 22.8 Å². The number of hydrogen-bond donors (Lipinski definition) is 1. The van der Waals surface area contributed by atoms with Gasteiger partial charge < -0.3 is 19.3 Å². The van der Waals surface area contributed by atoms with Gasteiger partial charge in [-0.2, -0.15) is 0 Å². The summed E-state index contributed by atoms with van der Waals surface area (Å²) in [4.78, 5) is 28.8. The molecule has 2 atom stereocenters. The minimum Gasteiger partial charge on any atom is -0.445 e. The summed E-state index contributed by atoms with van der Waals surface area (Å²) in [5, 5.41) is 10.4. The number of halogens is 3. The predicted octanol–water partition coefficient (Wildman–Crippen LogP) is 3.20. The predicted molar refractivity (Wildman–Crippen MR) is 112 cm³/mol. The van der Waals surface area contributed by atoms with Crippen molar-refractivity contribution in [2.75, 3.05) is 26.2 Å². The highest BCUT2D eigenvalue weighted by Gasteiger charge is 2.43. The zero-order chi connectivity index (χ0) is 23.9. The molecule has 178 valence electrons. The highest BCUT2D eigenvalue weighted by molar-refractivity contribution is 5.97. The largest absolute Gasteiger partial charge is 0.573 e. The van der Waals surface area contributed by atoms with E-state index in [-0.39, 0.29) is 30.1 Å². The number of aromatic amines is 1. The molecule has 2 aliphatic rings. The average Bonchev–Trinajstić information content (AvgIpc) is 3.50. The number of rotatable bonds is 4. The monoisotopic (exact) mass is 475 g/mol. The molecule has 2 unspecified atom stereocenters. The van der Waals surface area contributed by atoms with Crippen molar-refractivity contribution in [1.29, 1.82) is 0 Å². The normalized spacial score (nSPS) is 20.0. The lowest BCUT2D eigenvalue weighted by Crippen LogP contribution is -2.35. The second-order valence-electron chi connectivity index (χ2n) is 8.43. The Morgan fingerprint density at radius 1 is 1.03 bits per heavy atom. The number of benzene rings is 2. The van der Waals surface area contributed by atoms with E-state index >= 15 is 0 Å². The number of aromatic nitrogens is 3. The highest BCUT2D eigenvalue weighted by atomic mass is 19.4. The highest BCUT2D eigenvalue weighted by Crippen LogP contribution is 2.32. The summed E-state index contributed by atoms with van der Waals surface area (Å²) < 4.78 is 46.3. The van der Waals surface area contributed by atoms with Crippen LogP contribution in [0.2, 0.25) is 0 Å². The zero-order valence-electron chi connectivity index (χ0n) is 17.8. The van der Waals surface area contributed by atoms with Crippen LogP contribution in [0, 0.1) is 11.8 Å². The molecule has 0 saturated carbocycles. The molecule has 2 saturated heterocycles. The number of likely N-dealkylation sites (tertiary alicyclic amines) is 2. The molecule has 34 heavy (non-hydrogen) atoms. The van der Waals surface area contributed by atoms with Crippen molar-refractivity contribution in [2.24, 2.45) is 11.8 Å². The van der Waals surface area contributed by atoms with Crippen molar-refractivity contribution in [3.8, 4) is 5.75 Å². The van der Waals surface area contributed by atoms with Crippen molar-refractivity contribution in [1.82, 2.24) is 25.2 Å². The summed E-state index contributed by atoms with van der Waals surface area (Å²) in [5.41, 5.74) is 2.29. The maximum Gasteiger partial charge on any atom is 0.573 e. The first-order valence-electron chi connectivity index (χ1n) is 10.6. The Balaban J connectivity index is 1.13. The summed E-state index contributed by atoms with van der Waals surface area (Å²) >= 11 is 0. The second-order valence-corrected chi connectivity index (χ2v) is 8.43. The summed E-state index contributed by atoms with van der Waals surface area (Å²) in [7, 11) is 0. The molecular weight excluding hydrogens is 455 g/mol. The van der Waals surface area contributed by atoms with Crippen LogP contribution in [0.15, 0.2) is 42.5 Å². The van der Waals surface area contributed by atoms with Crippen LogP contribution in [0.1, 0.15) is 15.9 Å². The molecule has 1 aromatic heterocycles. The lowest BCUT2D eigenvalue weighted by molar-refractivity contribution is -0.274. The van der Waals surface area contributed by atoms with E-state index in [1.807, 2.05) is 0 Å². The van der Waals surface area contributed by atoms with E-state index < -0.39 is 12.5 Å². The third-order valence-electron chi connectivity index (χ3n) is 6.10. The maximum atomic E-state index is 12.9. The van der Waals surface area contributed by atoms with Gasteiger partial charge in [0.05, 0.1) is 5.52 Å². The van der Waals surface area contributed by atoms with Crippen LogP contribution in [0.4, 0.5) is 18.0 Å². The number of carbonyl (C=O) groups is 2. The molecule has 2 aliphatic heterocycles. The molecule has 1 N–H and O–H groups in total. The van der Waals surface area contributed by atoms with Gasteiger partial charge in [-0.1, -0.05) is 17.3 Å². The van der Waals surface area contributed by atoms with Crippen LogP contribution in [-0.2, 0) is 11.3 Å². The molecule has 9 nitrogen and oxygen atoms in total. The Morgan fingerprint density at radius 3 is 2.50 bits per heavy atom. The first-order valence-corrected chi connectivity index (χ1v) is 10.6. The molecule has 0 spiro atoms. The Morgan fingerprint density at radius 2 is 1.76 bits per heavy atom. The molecule has 3 heterocycles. The van der Waals surface area contributed by atoms with Crippen LogP contribution >= 0.6 is 0 Å². The van der Waals surface area contributed by atoms with Crippen LogP contribution in [0.3, 0.4) is 0 Å². The standard InChI is InChI=1S/C22H20F3N5O4/c23-22(24,25)34-17-3-1-2-13(6-17)12-33-21(32)30-10-15-8-29(9-16(15)11-30)20(31)14-4-5-18-19(7-14)27-28-26-18/h1-7,15-16H,8-12H2,(H,26,27,28). The number of carbonyl (C=O) groups excluding carboxylic acids is 2. The lowest BCUT2D eigenvalue weighted by Gasteiger charge is -2.21. The first kappa shape index (κ1) is 22.0. The van der Waals surface area contributed by atoms with Gasteiger partial charge in [-0.25, -0.2) is 4.79 Å². The molecule has 3 aromatic rings. The smallest absolute Gasteiger partial charge is 0.445 e. The molecule has 0 radical (unpaired) electrons. The number of amides is 2. The van der Waals surface area contributed by atoms with Gasteiger partial charge in [0.2, 0.25) is 0 Å². The topological polar surface area (TPSA) is 101 Å². The fourth-order valence-corrected chi connectivity index (χ4v) is 4.53. The number of H-pyrrole nitrogens is 1. The third kappa shape index (κ3) is 4.61. The first-order chi connectivity index (χ1) is 16.2. The van der Waals surface area contributed by atoms with Crippen LogP contribution in [-0.4, -0.2) is 69.8 Å². The Labute approximate surface area is 191 Å². The van der Waals surface area contributed by atoms with E-state index in [1.54, 1.807) is 34.1 Å². The maximum absolute atomic E-state index is 12.9. The van der Waals surface area contributed by atoms with Crippen molar-refractivity contribution in [3.05, 3.63) is 53.6 Å². The van der Waals surface area contributed by atoms with Gasteiger partial charge in [0.1, 0.15) is 17.9 Å². The van der Waals surface area contributed by atoms with E-state index in [0.717, 1.165) is 5.52 Å². The van der Waals surface area contributed by atoms with Gasteiger partial charge in [0, 0.05) is 43.6 Å². The van der Waals surface area contributed by atoms with Gasteiger partial charge in [-0.3, -0.25) is 9.89 Å². The zero-order valence-corrected chi connectivity index (χ0v) is 17.8. The number of ether oxygens (including phenoxy) is 2. The lowest BCUT2D eigenvalue weighted by atomic mass is 10.0. The molecule has 12 heteroatoms. The Hall–Kier alpha value is -3.83. The minimum absolute atomic E-state index is 0.0885. The number of fused-ring (bicyclic) bond motifs is 2. The Kier molecular flexibility index (Phi) is 5.50. The fourth-order valence-electron chi connectivity index (χ4n) is 4.53. The van der Waals surface area contributed by atoms with Crippen LogP contribution in [0.25, 0.3) is 11.0 Å². The molecule has 0 aliphatic carbocycles. The van der Waals surface area contributed by atoms with E-state index in [4.69, 9.17) is 4.74 Å². The summed E-state index contributed by atoms with van der Waals surface area (Å²) in [6, 6.07) is 10.5. The quantitative estimate of drug-likeness (QED) is 0.622. The Bertz CT molecular complexity index is 1220. The molecule has 2 aromatic carbocycles. The summed E-state index contributed by atoms with van der Waals surface area (Å²) in [5.74, 6) is -0.190. The van der Waals surface area contributed by atoms with Crippen molar-refractivity contribution in [3.63, 3.8) is 0 Å². The van der Waals surface area contributed by atoms with Crippen molar-refractivity contribution >= 4 is 23.0 Å². The van der Waals surface area contributed by atoms with Gasteiger partial charge in [0.15, 0.2) is 0 Å². The number of nitrogens with zero attached hydrogens (tertiary/aromatic N) is 4. The van der Waals surface area contributed by atoms with Crippen LogP contribution < -0.4 is 4.74 Å². The molecule has 2 amide bonds. The minimum atomic E-state index is -4.79. The van der Waals surface area contributed by atoms with E-state index in [2.05, 4.69) is 20.1 Å². The van der Waals surface area contributed by atoms with Gasteiger partial charge in [-0.05, 0) is 35.9 Å². The number of hydrogen-bond acceptors (Lipinski definition) is 6. The van der Waals surface area contributed by atoms with Gasteiger partial charge >= 0.3 is 12.5 Å².